The normalized spacial score (nSPS) is 31.1. The lowest BCUT2D eigenvalue weighted by molar-refractivity contribution is -0.156. The maximum atomic E-state index is 12.0. The molecule has 2 saturated heterocycles. The van der Waals surface area contributed by atoms with Gasteiger partial charge in [-0.2, -0.15) is 0 Å². The molecule has 2 heterocycles. The van der Waals surface area contributed by atoms with E-state index in [4.69, 9.17) is 0 Å². The molecule has 0 N–H and O–H groups in total. The highest BCUT2D eigenvalue weighted by atomic mass is 16.2. The fourth-order valence-electron chi connectivity index (χ4n) is 3.92. The SMILES string of the molecule is CN1C(=O)CN(C2CCCCC2N2CC(=O)N(C)C(=O)C2)CC1=O. The molecule has 0 radical (unpaired) electrons. The molecule has 1 saturated carbocycles. The van der Waals surface area contributed by atoms with Crippen LogP contribution in [0.15, 0.2) is 0 Å². The van der Waals surface area contributed by atoms with Gasteiger partial charge >= 0.3 is 0 Å². The van der Waals surface area contributed by atoms with E-state index >= 15 is 0 Å². The summed E-state index contributed by atoms with van der Waals surface area (Å²) in [6, 6.07) is 0.0636. The quantitative estimate of drug-likeness (QED) is 0.596. The molecule has 4 amide bonds. The highest BCUT2D eigenvalue weighted by Gasteiger charge is 2.41. The molecule has 8 nitrogen and oxygen atoms in total. The van der Waals surface area contributed by atoms with E-state index in [1.165, 1.54) is 23.9 Å². The summed E-state index contributed by atoms with van der Waals surface area (Å²) in [6.45, 7) is 0.885. The second-order valence-corrected chi connectivity index (χ2v) is 6.92. The Balaban J connectivity index is 1.76. The third-order valence-corrected chi connectivity index (χ3v) is 5.48. The first-order valence-electron chi connectivity index (χ1n) is 8.45. The molecule has 0 aromatic carbocycles. The second kappa shape index (κ2) is 6.60. The van der Waals surface area contributed by atoms with E-state index in [1.54, 1.807) is 0 Å². The van der Waals surface area contributed by atoms with Crippen LogP contribution in [0.2, 0.25) is 0 Å². The van der Waals surface area contributed by atoms with Crippen LogP contribution in [0.25, 0.3) is 0 Å². The summed E-state index contributed by atoms with van der Waals surface area (Å²) >= 11 is 0. The Kier molecular flexibility index (Phi) is 4.69. The van der Waals surface area contributed by atoms with Crippen molar-refractivity contribution < 1.29 is 19.2 Å². The number of imide groups is 2. The minimum atomic E-state index is -0.193. The maximum Gasteiger partial charge on any atom is 0.243 e. The van der Waals surface area contributed by atoms with Gasteiger partial charge in [0.25, 0.3) is 0 Å². The van der Waals surface area contributed by atoms with Crippen LogP contribution >= 0.6 is 0 Å². The number of rotatable bonds is 2. The monoisotopic (exact) mass is 336 g/mol. The lowest BCUT2D eigenvalue weighted by Gasteiger charge is -2.47. The van der Waals surface area contributed by atoms with Gasteiger partial charge in [-0.25, -0.2) is 0 Å². The molecule has 2 atom stereocenters. The molecule has 0 bridgehead atoms. The van der Waals surface area contributed by atoms with Crippen LogP contribution in [0.4, 0.5) is 0 Å². The predicted molar refractivity (Wildman–Crippen MR) is 84.7 cm³/mol. The summed E-state index contributed by atoms with van der Waals surface area (Å²) in [4.78, 5) is 54.3. The highest BCUT2D eigenvalue weighted by Crippen LogP contribution is 2.29. The summed E-state index contributed by atoms with van der Waals surface area (Å²) in [7, 11) is 3.02. The van der Waals surface area contributed by atoms with Crippen LogP contribution in [-0.4, -0.2) is 95.6 Å². The van der Waals surface area contributed by atoms with Crippen LogP contribution in [0.1, 0.15) is 25.7 Å². The van der Waals surface area contributed by atoms with Crippen molar-refractivity contribution >= 4 is 23.6 Å². The van der Waals surface area contributed by atoms with E-state index in [1.807, 2.05) is 9.80 Å². The van der Waals surface area contributed by atoms with Gasteiger partial charge in [-0.3, -0.25) is 38.8 Å². The summed E-state index contributed by atoms with van der Waals surface area (Å²) in [6.07, 6.45) is 3.82. The highest BCUT2D eigenvalue weighted by molar-refractivity contribution is 5.99. The summed E-state index contributed by atoms with van der Waals surface area (Å²) < 4.78 is 0. The third kappa shape index (κ3) is 3.08. The van der Waals surface area contributed by atoms with Gasteiger partial charge in [-0.05, 0) is 12.8 Å². The Morgan fingerprint density at radius 1 is 0.625 bits per heavy atom. The standard InChI is InChI=1S/C16H24N4O4/c1-17-13(21)7-19(8-14(17)22)11-5-3-4-6-12(11)20-9-15(23)18(2)16(24)10-20/h11-12H,3-10H2,1-2H3. The molecule has 0 spiro atoms. The van der Waals surface area contributed by atoms with Crippen molar-refractivity contribution in [2.45, 2.75) is 37.8 Å². The Morgan fingerprint density at radius 3 is 1.21 bits per heavy atom. The molecule has 0 aromatic heterocycles. The number of hydrogen-bond donors (Lipinski definition) is 0. The molecule has 3 rings (SSSR count). The molecule has 24 heavy (non-hydrogen) atoms. The van der Waals surface area contributed by atoms with E-state index in [-0.39, 0.29) is 61.9 Å². The Labute approximate surface area is 141 Å². The fourth-order valence-corrected chi connectivity index (χ4v) is 3.92. The first-order chi connectivity index (χ1) is 11.4. The Bertz CT molecular complexity index is 492. The third-order valence-electron chi connectivity index (χ3n) is 5.48. The van der Waals surface area contributed by atoms with Crippen LogP contribution in [0.5, 0.6) is 0 Å². The van der Waals surface area contributed by atoms with Gasteiger partial charge in [-0.15, -0.1) is 0 Å². The molecule has 132 valence electrons. The van der Waals surface area contributed by atoms with E-state index < -0.39 is 0 Å². The zero-order chi connectivity index (χ0) is 17.4. The number of nitrogens with zero attached hydrogens (tertiary/aromatic N) is 4. The number of hydrogen-bond acceptors (Lipinski definition) is 6. The van der Waals surface area contributed by atoms with Gasteiger partial charge in [0, 0.05) is 26.2 Å². The average molecular weight is 336 g/mol. The van der Waals surface area contributed by atoms with Crippen molar-refractivity contribution in [3.63, 3.8) is 0 Å². The zero-order valence-electron chi connectivity index (χ0n) is 14.2. The van der Waals surface area contributed by atoms with E-state index in [0.717, 1.165) is 25.7 Å². The zero-order valence-corrected chi connectivity index (χ0v) is 14.2. The smallest absolute Gasteiger partial charge is 0.243 e. The van der Waals surface area contributed by atoms with Crippen molar-refractivity contribution in [3.05, 3.63) is 0 Å². The first kappa shape index (κ1) is 17.0. The number of piperazine rings is 2. The van der Waals surface area contributed by atoms with Crippen molar-refractivity contribution in [3.8, 4) is 0 Å². The number of carbonyl (C=O) groups is 4. The number of likely N-dealkylation sites (N-methyl/N-ethyl adjacent to an activating group) is 2. The first-order valence-corrected chi connectivity index (χ1v) is 8.45. The molecular weight excluding hydrogens is 312 g/mol. The van der Waals surface area contributed by atoms with Crippen molar-refractivity contribution in [2.24, 2.45) is 0 Å². The van der Waals surface area contributed by atoms with E-state index in [2.05, 4.69) is 0 Å². The van der Waals surface area contributed by atoms with Crippen molar-refractivity contribution in [1.29, 1.82) is 0 Å². The Hall–Kier alpha value is -1.80. The summed E-state index contributed by atoms with van der Waals surface area (Å²) in [5, 5.41) is 0. The van der Waals surface area contributed by atoms with Crippen LogP contribution in [0.3, 0.4) is 0 Å². The topological polar surface area (TPSA) is 81.2 Å². The van der Waals surface area contributed by atoms with Gasteiger partial charge in [0.05, 0.1) is 26.2 Å². The second-order valence-electron chi connectivity index (χ2n) is 6.92. The lowest BCUT2D eigenvalue weighted by atomic mass is 9.87. The largest absolute Gasteiger partial charge is 0.284 e. The molecule has 1 aliphatic carbocycles. The maximum absolute atomic E-state index is 12.0. The predicted octanol–water partition coefficient (Wildman–Crippen LogP) is -1.10. The molecule has 0 aromatic rings. The Morgan fingerprint density at radius 2 is 0.917 bits per heavy atom. The molecular formula is C16H24N4O4. The summed E-state index contributed by atoms with van der Waals surface area (Å²) in [5.41, 5.74) is 0. The number of amides is 4. The van der Waals surface area contributed by atoms with E-state index in [0.29, 0.717) is 0 Å². The molecule has 2 aliphatic heterocycles. The average Bonchev–Trinajstić information content (AvgIpc) is 2.56. The molecule has 2 unspecified atom stereocenters. The molecule has 8 heteroatoms. The van der Waals surface area contributed by atoms with Gasteiger partial charge in [0.2, 0.25) is 23.6 Å². The summed E-state index contributed by atoms with van der Waals surface area (Å²) in [5.74, 6) is -0.774. The van der Waals surface area contributed by atoms with Crippen molar-refractivity contribution in [2.75, 3.05) is 40.3 Å². The van der Waals surface area contributed by atoms with Gasteiger partial charge in [0.15, 0.2) is 0 Å². The van der Waals surface area contributed by atoms with Crippen LogP contribution < -0.4 is 0 Å². The minimum Gasteiger partial charge on any atom is -0.284 e. The van der Waals surface area contributed by atoms with Gasteiger partial charge < -0.3 is 0 Å². The molecule has 3 aliphatic rings. The van der Waals surface area contributed by atoms with Crippen LogP contribution in [-0.2, 0) is 19.2 Å². The van der Waals surface area contributed by atoms with Gasteiger partial charge in [0.1, 0.15) is 0 Å². The lowest BCUT2D eigenvalue weighted by Crippen LogP contribution is -2.64. The van der Waals surface area contributed by atoms with Gasteiger partial charge in [-0.1, -0.05) is 12.8 Å². The minimum absolute atomic E-state index is 0.0318. The van der Waals surface area contributed by atoms with E-state index in [9.17, 15) is 19.2 Å². The van der Waals surface area contributed by atoms with Crippen molar-refractivity contribution in [1.82, 2.24) is 19.6 Å². The molecule has 3 fully saturated rings. The van der Waals surface area contributed by atoms with Crippen LogP contribution in [0, 0.1) is 0 Å². The number of carbonyl (C=O) groups excluding carboxylic acids is 4. The fraction of sp³-hybridized carbons (Fsp3) is 0.750.